The van der Waals surface area contributed by atoms with Crippen molar-refractivity contribution in [3.63, 3.8) is 0 Å². The highest BCUT2D eigenvalue weighted by Gasteiger charge is 2.36. The molecule has 0 saturated carbocycles. The number of nitrogens with zero attached hydrogens (tertiary/aromatic N) is 1. The quantitative estimate of drug-likeness (QED) is 0.269. The van der Waals surface area contributed by atoms with Gasteiger partial charge in [-0.1, -0.05) is 5.16 Å². The zero-order valence-electron chi connectivity index (χ0n) is 17.3. The van der Waals surface area contributed by atoms with E-state index in [0.29, 0.717) is 31.3 Å². The van der Waals surface area contributed by atoms with Crippen molar-refractivity contribution in [2.24, 2.45) is 11.1 Å². The van der Waals surface area contributed by atoms with Crippen LogP contribution in [0.4, 0.5) is 4.79 Å². The molecule has 1 aliphatic heterocycles. The largest absolute Gasteiger partial charge is 0.510 e. The monoisotopic (exact) mass is 411 g/mol. The number of hydrogen-bond acceptors (Lipinski definition) is 8. The van der Waals surface area contributed by atoms with Crippen molar-refractivity contribution in [1.29, 1.82) is 0 Å². The van der Waals surface area contributed by atoms with Crippen LogP contribution in [0.1, 0.15) is 38.7 Å². The van der Waals surface area contributed by atoms with Crippen LogP contribution >= 0.6 is 0 Å². The van der Waals surface area contributed by atoms with E-state index in [4.69, 9.17) is 28.9 Å². The summed E-state index contributed by atoms with van der Waals surface area (Å²) in [4.78, 5) is 16.0. The van der Waals surface area contributed by atoms with Crippen LogP contribution in [0.2, 0.25) is 0 Å². The standard InChI is InChI=1S/C20H29NO8/c1-14(16-8-9-17(24-3)18(11-16)25-4)21-28-10-6-5-7-15-12-26-20(2,27-13-15)29-19(22)23/h8-9,11,15H,5-7,10,12-13H2,1-4H3,(H,22,23). The first kappa shape index (κ1) is 22.8. The zero-order valence-corrected chi connectivity index (χ0v) is 17.3. The number of unbranched alkanes of at least 4 members (excludes halogenated alkanes) is 1. The molecule has 1 fully saturated rings. The lowest BCUT2D eigenvalue weighted by Gasteiger charge is -2.35. The Morgan fingerprint density at radius 2 is 1.90 bits per heavy atom. The fraction of sp³-hybridized carbons (Fsp3) is 0.600. The van der Waals surface area contributed by atoms with Gasteiger partial charge in [0.15, 0.2) is 11.5 Å². The molecule has 9 heteroatoms. The normalized spacial score (nSPS) is 22.1. The highest BCUT2D eigenvalue weighted by atomic mass is 16.9. The van der Waals surface area contributed by atoms with Crippen molar-refractivity contribution in [2.75, 3.05) is 34.0 Å². The summed E-state index contributed by atoms with van der Waals surface area (Å²) < 4.78 is 25.9. The molecule has 0 aromatic heterocycles. The lowest BCUT2D eigenvalue weighted by Crippen LogP contribution is -2.45. The SMILES string of the molecule is COc1ccc(C(C)=NOCCCCC2COC(C)(OC(=O)O)OC2)cc1OC. The number of carbonyl (C=O) groups is 1. The first-order valence-corrected chi connectivity index (χ1v) is 9.45. The van der Waals surface area contributed by atoms with E-state index in [2.05, 4.69) is 9.89 Å². The number of rotatable bonds is 10. The maximum absolute atomic E-state index is 10.6. The third-order valence-electron chi connectivity index (χ3n) is 4.54. The van der Waals surface area contributed by atoms with E-state index in [9.17, 15) is 4.79 Å². The van der Waals surface area contributed by atoms with Gasteiger partial charge in [-0.05, 0) is 44.4 Å². The van der Waals surface area contributed by atoms with Crippen LogP contribution in [0, 0.1) is 5.92 Å². The summed E-state index contributed by atoms with van der Waals surface area (Å²) in [7, 11) is 3.18. The van der Waals surface area contributed by atoms with Crippen molar-refractivity contribution >= 4 is 11.9 Å². The highest BCUT2D eigenvalue weighted by molar-refractivity contribution is 5.98. The van der Waals surface area contributed by atoms with E-state index in [0.717, 1.165) is 30.5 Å². The summed E-state index contributed by atoms with van der Waals surface area (Å²) in [6, 6.07) is 5.58. The Morgan fingerprint density at radius 3 is 2.52 bits per heavy atom. The number of carboxylic acid groups (broad SMARTS) is 1. The molecule has 9 nitrogen and oxygen atoms in total. The van der Waals surface area contributed by atoms with Crippen molar-refractivity contribution < 1.29 is 38.4 Å². The molecule has 1 saturated heterocycles. The molecule has 0 aliphatic carbocycles. The van der Waals surface area contributed by atoms with Crippen molar-refractivity contribution in [3.8, 4) is 11.5 Å². The Labute approximate surface area is 170 Å². The summed E-state index contributed by atoms with van der Waals surface area (Å²) in [5, 5.41) is 12.8. The molecule has 1 N–H and O–H groups in total. The molecule has 1 aliphatic rings. The fourth-order valence-corrected chi connectivity index (χ4v) is 2.87. The average Bonchev–Trinajstić information content (AvgIpc) is 2.70. The third-order valence-corrected chi connectivity index (χ3v) is 4.54. The smallest absolute Gasteiger partial charge is 0.493 e. The van der Waals surface area contributed by atoms with Gasteiger partial charge in [-0.2, -0.15) is 0 Å². The van der Waals surface area contributed by atoms with Crippen LogP contribution in [-0.4, -0.2) is 57.0 Å². The van der Waals surface area contributed by atoms with E-state index >= 15 is 0 Å². The van der Waals surface area contributed by atoms with Gasteiger partial charge in [0.25, 0.3) is 0 Å². The Bertz CT molecular complexity index is 698. The lowest BCUT2D eigenvalue weighted by atomic mass is 10.0. The number of benzene rings is 1. The van der Waals surface area contributed by atoms with Crippen LogP contribution in [0.3, 0.4) is 0 Å². The predicted octanol–water partition coefficient (Wildman–Crippen LogP) is 3.65. The molecule has 0 spiro atoms. The molecule has 29 heavy (non-hydrogen) atoms. The van der Waals surface area contributed by atoms with Gasteiger partial charge in [-0.15, -0.1) is 0 Å². The summed E-state index contributed by atoms with van der Waals surface area (Å²) in [5.74, 6) is -0.0174. The second-order valence-electron chi connectivity index (χ2n) is 6.79. The molecule has 0 radical (unpaired) electrons. The van der Waals surface area contributed by atoms with Gasteiger partial charge in [-0.25, -0.2) is 4.79 Å². The van der Waals surface area contributed by atoms with Crippen LogP contribution in [-0.2, 0) is 19.0 Å². The van der Waals surface area contributed by atoms with Crippen LogP contribution in [0.25, 0.3) is 0 Å². The van der Waals surface area contributed by atoms with E-state index in [1.54, 1.807) is 14.2 Å². The topological polar surface area (TPSA) is 105 Å². The summed E-state index contributed by atoms with van der Waals surface area (Å²) in [6.45, 7) is 4.60. The third kappa shape index (κ3) is 7.10. The van der Waals surface area contributed by atoms with E-state index in [1.807, 2.05) is 25.1 Å². The lowest BCUT2D eigenvalue weighted by molar-refractivity contribution is -0.379. The zero-order chi connectivity index (χ0) is 21.3. The first-order chi connectivity index (χ1) is 13.9. The molecular formula is C20H29NO8. The number of oxime groups is 1. The molecule has 2 rings (SSSR count). The molecule has 0 unspecified atom stereocenters. The molecule has 162 valence electrons. The van der Waals surface area contributed by atoms with Gasteiger partial charge in [0.05, 0.1) is 33.1 Å². The summed E-state index contributed by atoms with van der Waals surface area (Å²) >= 11 is 0. The second kappa shape index (κ2) is 10.9. The maximum Gasteiger partial charge on any atom is 0.510 e. The van der Waals surface area contributed by atoms with Crippen LogP contribution in [0.5, 0.6) is 11.5 Å². The fourth-order valence-electron chi connectivity index (χ4n) is 2.87. The van der Waals surface area contributed by atoms with Crippen LogP contribution < -0.4 is 9.47 Å². The Hall–Kier alpha value is -2.52. The maximum atomic E-state index is 10.6. The highest BCUT2D eigenvalue weighted by Crippen LogP contribution is 2.28. The van der Waals surface area contributed by atoms with Crippen LogP contribution in [0.15, 0.2) is 23.4 Å². The van der Waals surface area contributed by atoms with Crippen molar-refractivity contribution in [2.45, 2.75) is 39.1 Å². The minimum absolute atomic E-state index is 0.192. The number of hydrogen-bond donors (Lipinski definition) is 1. The van der Waals surface area contributed by atoms with E-state index < -0.39 is 12.1 Å². The molecule has 0 amide bonds. The van der Waals surface area contributed by atoms with Gasteiger partial charge >= 0.3 is 12.1 Å². The number of ether oxygens (including phenoxy) is 5. The van der Waals surface area contributed by atoms with Gasteiger partial charge in [0, 0.05) is 18.4 Å². The van der Waals surface area contributed by atoms with Gasteiger partial charge in [0.2, 0.25) is 0 Å². The second-order valence-corrected chi connectivity index (χ2v) is 6.79. The predicted molar refractivity (Wildman–Crippen MR) is 104 cm³/mol. The van der Waals surface area contributed by atoms with Gasteiger partial charge < -0.3 is 33.6 Å². The Kier molecular flexibility index (Phi) is 8.53. The Morgan fingerprint density at radius 1 is 1.21 bits per heavy atom. The Balaban J connectivity index is 1.66. The molecular weight excluding hydrogens is 382 g/mol. The molecule has 0 atom stereocenters. The minimum Gasteiger partial charge on any atom is -0.493 e. The van der Waals surface area contributed by atoms with Crippen molar-refractivity contribution in [3.05, 3.63) is 23.8 Å². The number of methoxy groups -OCH3 is 2. The van der Waals surface area contributed by atoms with Gasteiger partial charge in [0.1, 0.15) is 6.61 Å². The van der Waals surface area contributed by atoms with E-state index in [1.165, 1.54) is 6.92 Å². The first-order valence-electron chi connectivity index (χ1n) is 9.45. The molecule has 1 aromatic carbocycles. The van der Waals surface area contributed by atoms with Crippen molar-refractivity contribution in [1.82, 2.24) is 0 Å². The molecule has 1 heterocycles. The van der Waals surface area contributed by atoms with E-state index in [-0.39, 0.29) is 5.92 Å². The summed E-state index contributed by atoms with van der Waals surface area (Å²) in [6.07, 6.45) is 1.21. The minimum atomic E-state index is -1.51. The average molecular weight is 411 g/mol. The molecule has 1 aromatic rings. The molecule has 0 bridgehead atoms. The van der Waals surface area contributed by atoms with Gasteiger partial charge in [-0.3, -0.25) is 0 Å². The summed E-state index contributed by atoms with van der Waals surface area (Å²) in [5.41, 5.74) is 1.64.